The Labute approximate surface area is 187 Å². The van der Waals surface area contributed by atoms with Crippen LogP contribution < -0.4 is 16.8 Å². The van der Waals surface area contributed by atoms with Gasteiger partial charge in [-0.05, 0) is 57.5 Å². The number of fused-ring (bicyclic) bond motifs is 1. The van der Waals surface area contributed by atoms with E-state index in [1.165, 1.54) is 0 Å². The van der Waals surface area contributed by atoms with Crippen LogP contribution in [0, 0.1) is 6.92 Å². The van der Waals surface area contributed by atoms with Gasteiger partial charge < -0.3 is 16.0 Å². The Hall–Kier alpha value is -2.62. The monoisotopic (exact) mass is 455 g/mol. The van der Waals surface area contributed by atoms with Gasteiger partial charge in [-0.15, -0.1) is 24.8 Å². The highest BCUT2D eigenvalue weighted by atomic mass is 35.5. The molecule has 30 heavy (non-hydrogen) atoms. The van der Waals surface area contributed by atoms with Crippen molar-refractivity contribution < 1.29 is 9.59 Å². The Morgan fingerprint density at radius 2 is 1.90 bits per heavy atom. The number of primary amides is 1. The maximum Gasteiger partial charge on any atom is 0.276 e. The van der Waals surface area contributed by atoms with E-state index >= 15 is 0 Å². The Balaban J connectivity index is 0.00000225. The van der Waals surface area contributed by atoms with Gasteiger partial charge in [0.15, 0.2) is 0 Å². The van der Waals surface area contributed by atoms with Crippen LogP contribution in [0.25, 0.3) is 11.0 Å². The zero-order valence-electron chi connectivity index (χ0n) is 16.9. The second kappa shape index (κ2) is 11.0. The number of unbranched alkanes of at least 4 members (excludes halogenated alkanes) is 1. The fourth-order valence-corrected chi connectivity index (χ4v) is 3.15. The summed E-state index contributed by atoms with van der Waals surface area (Å²) in [7, 11) is 0. The zero-order chi connectivity index (χ0) is 20.3. The minimum atomic E-state index is -0.521. The van der Waals surface area contributed by atoms with E-state index in [0.717, 1.165) is 24.1 Å². The van der Waals surface area contributed by atoms with Gasteiger partial charge in [-0.2, -0.15) is 5.10 Å². The van der Waals surface area contributed by atoms with Gasteiger partial charge in [-0.1, -0.05) is 0 Å². The molecule has 3 rings (SSSR count). The van der Waals surface area contributed by atoms with Gasteiger partial charge in [0.2, 0.25) is 11.9 Å². The normalized spacial score (nSPS) is 10.4. The summed E-state index contributed by atoms with van der Waals surface area (Å²) < 4.78 is 3.57. The number of imidazole rings is 1. The van der Waals surface area contributed by atoms with Crippen molar-refractivity contribution in [2.75, 3.05) is 11.9 Å². The largest absolute Gasteiger partial charge is 0.366 e. The molecule has 0 aliphatic carbocycles. The van der Waals surface area contributed by atoms with Gasteiger partial charge in [0, 0.05) is 18.7 Å². The summed E-state index contributed by atoms with van der Waals surface area (Å²) in [5.41, 5.74) is 14.0. The van der Waals surface area contributed by atoms with E-state index in [4.69, 9.17) is 11.5 Å². The zero-order valence-corrected chi connectivity index (χ0v) is 18.6. The third kappa shape index (κ3) is 5.29. The second-order valence-electron chi connectivity index (χ2n) is 6.59. The molecule has 3 aromatic rings. The second-order valence-corrected chi connectivity index (χ2v) is 6.59. The van der Waals surface area contributed by atoms with Gasteiger partial charge >= 0.3 is 0 Å². The Bertz CT molecular complexity index is 1030. The number of halogens is 2. The summed E-state index contributed by atoms with van der Waals surface area (Å²) in [6.07, 6.45) is 1.70. The number of amides is 2. The number of anilines is 1. The number of nitrogens with one attached hydrogen (secondary N) is 1. The fraction of sp³-hybridized carbons (Fsp3) is 0.368. The van der Waals surface area contributed by atoms with Gasteiger partial charge in [0.05, 0.1) is 16.7 Å². The average molecular weight is 456 g/mol. The number of hydrogen-bond donors (Lipinski definition) is 3. The van der Waals surface area contributed by atoms with E-state index in [1.54, 1.807) is 28.9 Å². The summed E-state index contributed by atoms with van der Waals surface area (Å²) in [6.45, 7) is 5.60. The number of nitrogens with two attached hydrogens (primary N) is 2. The van der Waals surface area contributed by atoms with Crippen LogP contribution in [0.5, 0.6) is 0 Å². The maximum atomic E-state index is 12.8. The van der Waals surface area contributed by atoms with Crippen molar-refractivity contribution in [1.82, 2.24) is 19.3 Å². The molecule has 0 bridgehead atoms. The molecule has 0 fully saturated rings. The van der Waals surface area contributed by atoms with E-state index in [2.05, 4.69) is 15.4 Å². The van der Waals surface area contributed by atoms with Crippen molar-refractivity contribution in [2.24, 2.45) is 11.5 Å². The summed E-state index contributed by atoms with van der Waals surface area (Å²) in [6, 6.07) is 6.83. The van der Waals surface area contributed by atoms with E-state index in [1.807, 2.05) is 18.4 Å². The van der Waals surface area contributed by atoms with E-state index in [-0.39, 0.29) is 30.7 Å². The number of nitrogens with zero attached hydrogens (tertiary/aromatic N) is 4. The first kappa shape index (κ1) is 25.4. The third-order valence-corrected chi connectivity index (χ3v) is 4.53. The highest BCUT2D eigenvalue weighted by Gasteiger charge is 2.18. The van der Waals surface area contributed by atoms with Crippen LogP contribution in [0.1, 0.15) is 46.3 Å². The summed E-state index contributed by atoms with van der Waals surface area (Å²) >= 11 is 0. The lowest BCUT2D eigenvalue weighted by molar-refractivity contribution is 0.0996. The van der Waals surface area contributed by atoms with Crippen LogP contribution in [-0.4, -0.2) is 37.7 Å². The number of hydrogen-bond acceptors (Lipinski definition) is 5. The minimum Gasteiger partial charge on any atom is -0.366 e. The number of carbonyl (C=O) groups is 2. The first-order valence-electron chi connectivity index (χ1n) is 9.30. The lowest BCUT2D eigenvalue weighted by Gasteiger charge is -2.10. The van der Waals surface area contributed by atoms with Crippen molar-refractivity contribution in [3.63, 3.8) is 0 Å². The molecule has 2 amide bonds. The molecular formula is C19H27Cl2N7O2. The molecule has 0 aliphatic rings. The smallest absolute Gasteiger partial charge is 0.276 e. The lowest BCUT2D eigenvalue weighted by Crippen LogP contribution is -2.20. The topological polar surface area (TPSA) is 134 Å². The lowest BCUT2D eigenvalue weighted by atomic mass is 10.2. The maximum absolute atomic E-state index is 12.8. The fourth-order valence-electron chi connectivity index (χ4n) is 3.15. The molecule has 9 nitrogen and oxygen atoms in total. The van der Waals surface area contributed by atoms with E-state index in [9.17, 15) is 9.59 Å². The van der Waals surface area contributed by atoms with Gasteiger partial charge in [0.1, 0.15) is 5.69 Å². The van der Waals surface area contributed by atoms with Crippen molar-refractivity contribution in [3.8, 4) is 0 Å². The molecule has 0 spiro atoms. The van der Waals surface area contributed by atoms with Gasteiger partial charge in [-0.25, -0.2) is 4.98 Å². The standard InChI is InChI=1S/C19H25N7O2.2ClH/c1-3-26-16(10-12(2)24-26)18(28)23-19-22-14-11-13(17(21)27)6-7-15(14)25(19)9-5-4-8-20;;/h6-7,10-11H,3-5,8-9,20H2,1-2H3,(H2,21,27)(H,22,23,28);2*1H. The summed E-state index contributed by atoms with van der Waals surface area (Å²) in [4.78, 5) is 28.8. The van der Waals surface area contributed by atoms with E-state index < -0.39 is 5.91 Å². The highest BCUT2D eigenvalue weighted by Crippen LogP contribution is 2.22. The molecule has 0 radical (unpaired) electrons. The van der Waals surface area contributed by atoms with Crippen LogP contribution in [-0.2, 0) is 13.1 Å². The number of aromatic nitrogens is 4. The molecule has 164 valence electrons. The van der Waals surface area contributed by atoms with Gasteiger partial charge in [-0.3, -0.25) is 19.6 Å². The molecule has 2 aromatic heterocycles. The molecule has 0 aliphatic heterocycles. The van der Waals surface area contributed by atoms with Crippen LogP contribution in [0.2, 0.25) is 0 Å². The van der Waals surface area contributed by atoms with Crippen molar-refractivity contribution in [1.29, 1.82) is 0 Å². The van der Waals surface area contributed by atoms with Gasteiger partial charge in [0.25, 0.3) is 5.91 Å². The number of rotatable bonds is 8. The van der Waals surface area contributed by atoms with Crippen molar-refractivity contribution in [2.45, 2.75) is 39.8 Å². The first-order chi connectivity index (χ1) is 13.4. The van der Waals surface area contributed by atoms with Crippen LogP contribution >= 0.6 is 24.8 Å². The molecule has 5 N–H and O–H groups in total. The summed E-state index contributed by atoms with van der Waals surface area (Å²) in [5, 5.41) is 7.20. The first-order valence-corrected chi connectivity index (χ1v) is 9.30. The third-order valence-electron chi connectivity index (χ3n) is 4.53. The number of benzene rings is 1. The van der Waals surface area contributed by atoms with Crippen molar-refractivity contribution in [3.05, 3.63) is 41.2 Å². The van der Waals surface area contributed by atoms with Crippen molar-refractivity contribution >= 4 is 53.6 Å². The summed E-state index contributed by atoms with van der Waals surface area (Å²) in [5.74, 6) is -0.388. The van der Waals surface area contributed by atoms with E-state index in [0.29, 0.717) is 42.4 Å². The predicted octanol–water partition coefficient (Wildman–Crippen LogP) is 2.49. The average Bonchev–Trinajstić information content (AvgIpc) is 3.21. The molecule has 0 unspecified atom stereocenters. The molecule has 0 atom stereocenters. The SMILES string of the molecule is CCn1nc(C)cc1C(=O)Nc1nc2cc(C(N)=O)ccc2n1CCCCN.Cl.Cl. The molecular weight excluding hydrogens is 429 g/mol. The quantitative estimate of drug-likeness (QED) is 0.448. The van der Waals surface area contributed by atoms with Crippen LogP contribution in [0.3, 0.4) is 0 Å². The number of aryl methyl sites for hydroxylation is 3. The molecule has 11 heteroatoms. The molecule has 0 saturated heterocycles. The molecule has 1 aromatic carbocycles. The van der Waals surface area contributed by atoms with Crippen LogP contribution in [0.4, 0.5) is 5.95 Å². The highest BCUT2D eigenvalue weighted by molar-refractivity contribution is 6.03. The van der Waals surface area contributed by atoms with Crippen LogP contribution in [0.15, 0.2) is 24.3 Å². The Kier molecular flexibility index (Phi) is 9.28. The molecule has 0 saturated carbocycles. The Morgan fingerprint density at radius 1 is 1.17 bits per heavy atom. The Morgan fingerprint density at radius 3 is 2.53 bits per heavy atom. The minimum absolute atomic E-state index is 0. The predicted molar refractivity (Wildman–Crippen MR) is 122 cm³/mol. The molecule has 2 heterocycles. The number of carbonyl (C=O) groups excluding carboxylic acids is 2.